The van der Waals surface area contributed by atoms with E-state index in [2.05, 4.69) is 0 Å². The lowest BCUT2D eigenvalue weighted by Crippen LogP contribution is -2.38. The van der Waals surface area contributed by atoms with Crippen molar-refractivity contribution in [1.29, 1.82) is 0 Å². The molecular formula is C20H19ClFN3O2. The first-order valence-electron chi connectivity index (χ1n) is 8.84. The minimum absolute atomic E-state index is 0.0684. The van der Waals surface area contributed by atoms with Gasteiger partial charge in [0.2, 0.25) is 5.91 Å². The molecule has 0 bridgehead atoms. The van der Waals surface area contributed by atoms with Crippen molar-refractivity contribution < 1.29 is 9.18 Å². The molecule has 0 atom stereocenters. The second kappa shape index (κ2) is 6.85. The van der Waals surface area contributed by atoms with E-state index < -0.39 is 5.82 Å². The van der Waals surface area contributed by atoms with Crippen molar-refractivity contribution in [1.82, 2.24) is 14.0 Å². The van der Waals surface area contributed by atoms with Crippen LogP contribution in [0, 0.1) is 5.82 Å². The van der Waals surface area contributed by atoms with E-state index in [1.165, 1.54) is 15.2 Å². The number of amides is 1. The Balaban J connectivity index is 1.65. The van der Waals surface area contributed by atoms with Gasteiger partial charge in [-0.3, -0.25) is 13.9 Å². The number of imidazole rings is 1. The summed E-state index contributed by atoms with van der Waals surface area (Å²) in [6.07, 6.45) is 1.75. The quantitative estimate of drug-likeness (QED) is 0.674. The van der Waals surface area contributed by atoms with Crippen molar-refractivity contribution in [3.63, 3.8) is 0 Å². The lowest BCUT2D eigenvalue weighted by atomic mass is 10.2. The van der Waals surface area contributed by atoms with E-state index in [1.54, 1.807) is 24.1 Å². The molecule has 1 aliphatic carbocycles. The number of hydrogen-bond donors (Lipinski definition) is 0. The molecule has 1 aliphatic rings. The monoisotopic (exact) mass is 387 g/mol. The molecule has 3 aromatic rings. The van der Waals surface area contributed by atoms with Crippen LogP contribution in [-0.2, 0) is 24.9 Å². The van der Waals surface area contributed by atoms with E-state index >= 15 is 0 Å². The van der Waals surface area contributed by atoms with Gasteiger partial charge in [-0.05, 0) is 37.1 Å². The van der Waals surface area contributed by atoms with Crippen LogP contribution < -0.4 is 5.69 Å². The van der Waals surface area contributed by atoms with Gasteiger partial charge in [0.05, 0.1) is 17.6 Å². The normalized spacial score (nSPS) is 13.9. The number of aryl methyl sites for hydroxylation is 1. The number of carbonyl (C=O) groups is 1. The summed E-state index contributed by atoms with van der Waals surface area (Å²) in [7, 11) is 1.68. The molecule has 1 fully saturated rings. The third kappa shape index (κ3) is 3.25. The largest absolute Gasteiger partial charge is 0.334 e. The van der Waals surface area contributed by atoms with Gasteiger partial charge in [-0.15, -0.1) is 0 Å². The minimum atomic E-state index is -0.428. The molecule has 27 heavy (non-hydrogen) atoms. The van der Waals surface area contributed by atoms with Crippen LogP contribution in [0.1, 0.15) is 18.4 Å². The zero-order valence-electron chi connectivity index (χ0n) is 14.9. The predicted octanol–water partition coefficient (Wildman–Crippen LogP) is 3.32. The van der Waals surface area contributed by atoms with E-state index in [4.69, 9.17) is 11.6 Å². The SMILES string of the molecule is Cn1c(=O)n(CC(=O)N(Cc2c(F)cccc2Cl)C2CC2)c2ccccc21. The highest BCUT2D eigenvalue weighted by atomic mass is 35.5. The van der Waals surface area contributed by atoms with Crippen LogP contribution in [0.25, 0.3) is 11.0 Å². The van der Waals surface area contributed by atoms with Gasteiger partial charge in [0.1, 0.15) is 12.4 Å². The first-order valence-corrected chi connectivity index (χ1v) is 9.22. The van der Waals surface area contributed by atoms with Crippen molar-refractivity contribution in [3.05, 3.63) is 69.4 Å². The van der Waals surface area contributed by atoms with E-state index in [0.717, 1.165) is 18.4 Å². The standard InChI is InChI=1S/C20H19ClFN3O2/c1-23-17-7-2-3-8-18(17)25(20(23)27)12-19(26)24(13-9-10-13)11-14-15(21)5-4-6-16(14)22/h2-8,13H,9-12H2,1H3. The molecule has 0 saturated heterocycles. The molecule has 5 nitrogen and oxygen atoms in total. The molecule has 0 aliphatic heterocycles. The van der Waals surface area contributed by atoms with Gasteiger partial charge >= 0.3 is 5.69 Å². The molecule has 140 valence electrons. The van der Waals surface area contributed by atoms with E-state index in [0.29, 0.717) is 16.1 Å². The molecular weight excluding hydrogens is 369 g/mol. The number of nitrogens with zero attached hydrogens (tertiary/aromatic N) is 3. The maximum absolute atomic E-state index is 14.2. The maximum Gasteiger partial charge on any atom is 0.329 e. The number of rotatable bonds is 5. The van der Waals surface area contributed by atoms with Gasteiger partial charge in [-0.25, -0.2) is 9.18 Å². The summed E-state index contributed by atoms with van der Waals surface area (Å²) < 4.78 is 17.2. The molecule has 0 spiro atoms. The zero-order valence-corrected chi connectivity index (χ0v) is 15.6. The molecule has 0 radical (unpaired) electrons. The van der Waals surface area contributed by atoms with Gasteiger partial charge in [-0.1, -0.05) is 29.8 Å². The van der Waals surface area contributed by atoms with Crippen LogP contribution in [-0.4, -0.2) is 26.0 Å². The third-order valence-corrected chi connectivity index (χ3v) is 5.40. The van der Waals surface area contributed by atoms with Crippen LogP contribution >= 0.6 is 11.6 Å². The first-order chi connectivity index (χ1) is 13.0. The van der Waals surface area contributed by atoms with Crippen LogP contribution in [0.5, 0.6) is 0 Å². The highest BCUT2D eigenvalue weighted by Gasteiger charge is 2.34. The Labute approximate surface area is 160 Å². The van der Waals surface area contributed by atoms with Crippen LogP contribution in [0.3, 0.4) is 0 Å². The fraction of sp³-hybridized carbons (Fsp3) is 0.300. The van der Waals surface area contributed by atoms with E-state index in [-0.39, 0.29) is 30.7 Å². The predicted molar refractivity (Wildman–Crippen MR) is 102 cm³/mol. The molecule has 4 rings (SSSR count). The number of halogens is 2. The Bertz CT molecular complexity index is 1060. The fourth-order valence-corrected chi connectivity index (χ4v) is 3.63. The minimum Gasteiger partial charge on any atom is -0.334 e. The topological polar surface area (TPSA) is 47.2 Å². The van der Waals surface area contributed by atoms with Crippen molar-refractivity contribution in [2.45, 2.75) is 32.0 Å². The summed E-state index contributed by atoms with van der Waals surface area (Å²) in [6.45, 7) is 0.0251. The summed E-state index contributed by atoms with van der Waals surface area (Å²) in [6, 6.07) is 11.9. The van der Waals surface area contributed by atoms with Gasteiger partial charge in [0.25, 0.3) is 0 Å². The molecule has 1 amide bonds. The summed E-state index contributed by atoms with van der Waals surface area (Å²) in [5, 5.41) is 0.302. The third-order valence-electron chi connectivity index (χ3n) is 5.04. The van der Waals surface area contributed by atoms with Crippen molar-refractivity contribution >= 4 is 28.5 Å². The fourth-order valence-electron chi connectivity index (χ4n) is 3.40. The van der Waals surface area contributed by atoms with E-state index in [9.17, 15) is 14.0 Å². The Morgan fingerprint density at radius 1 is 1.19 bits per heavy atom. The number of aromatic nitrogens is 2. The van der Waals surface area contributed by atoms with Crippen molar-refractivity contribution in [2.24, 2.45) is 7.05 Å². The van der Waals surface area contributed by atoms with Crippen molar-refractivity contribution in [3.8, 4) is 0 Å². The Hall–Kier alpha value is -2.60. The van der Waals surface area contributed by atoms with Crippen LogP contribution in [0.4, 0.5) is 4.39 Å². The Morgan fingerprint density at radius 2 is 1.89 bits per heavy atom. The summed E-state index contributed by atoms with van der Waals surface area (Å²) in [5.74, 6) is -0.640. The summed E-state index contributed by atoms with van der Waals surface area (Å²) >= 11 is 6.13. The molecule has 0 N–H and O–H groups in total. The highest BCUT2D eigenvalue weighted by Crippen LogP contribution is 2.31. The second-order valence-corrected chi connectivity index (χ2v) is 7.28. The van der Waals surface area contributed by atoms with Gasteiger partial charge in [-0.2, -0.15) is 0 Å². The van der Waals surface area contributed by atoms with Crippen LogP contribution in [0.15, 0.2) is 47.3 Å². The highest BCUT2D eigenvalue weighted by molar-refractivity contribution is 6.31. The number of para-hydroxylation sites is 2. The molecule has 1 saturated carbocycles. The summed E-state index contributed by atoms with van der Waals surface area (Å²) in [5.41, 5.74) is 1.54. The number of carbonyl (C=O) groups excluding carboxylic acids is 1. The second-order valence-electron chi connectivity index (χ2n) is 6.87. The Kier molecular flexibility index (Phi) is 4.52. The molecule has 1 aromatic heterocycles. The lowest BCUT2D eigenvalue weighted by Gasteiger charge is -2.23. The van der Waals surface area contributed by atoms with Crippen LogP contribution in [0.2, 0.25) is 5.02 Å². The Morgan fingerprint density at radius 3 is 2.56 bits per heavy atom. The maximum atomic E-state index is 14.2. The summed E-state index contributed by atoms with van der Waals surface area (Å²) in [4.78, 5) is 27.2. The van der Waals surface area contributed by atoms with Gasteiger partial charge in [0, 0.05) is 23.7 Å². The number of hydrogen-bond acceptors (Lipinski definition) is 2. The average molecular weight is 388 g/mol. The molecule has 2 aromatic carbocycles. The molecule has 1 heterocycles. The van der Waals surface area contributed by atoms with Gasteiger partial charge < -0.3 is 4.90 Å². The number of benzene rings is 2. The smallest absolute Gasteiger partial charge is 0.329 e. The van der Waals surface area contributed by atoms with Crippen molar-refractivity contribution in [2.75, 3.05) is 0 Å². The van der Waals surface area contributed by atoms with Gasteiger partial charge in [0.15, 0.2) is 0 Å². The molecule has 0 unspecified atom stereocenters. The number of fused-ring (bicyclic) bond motifs is 1. The molecule has 7 heteroatoms. The average Bonchev–Trinajstić information content (AvgIpc) is 3.46. The zero-order chi connectivity index (χ0) is 19.1. The lowest BCUT2D eigenvalue weighted by molar-refractivity contribution is -0.133. The first kappa shape index (κ1) is 17.8. The van der Waals surface area contributed by atoms with E-state index in [1.807, 2.05) is 24.3 Å².